The molecule has 0 aliphatic carbocycles. The van der Waals surface area contributed by atoms with E-state index in [-0.39, 0.29) is 5.82 Å². The lowest BCUT2D eigenvalue weighted by Gasteiger charge is -2.11. The van der Waals surface area contributed by atoms with Gasteiger partial charge in [-0.2, -0.15) is 0 Å². The first-order valence-corrected chi connectivity index (χ1v) is 7.62. The van der Waals surface area contributed by atoms with Gasteiger partial charge < -0.3 is 10.1 Å². The van der Waals surface area contributed by atoms with Crippen molar-refractivity contribution in [3.63, 3.8) is 0 Å². The lowest BCUT2D eigenvalue weighted by atomic mass is 10.2. The van der Waals surface area contributed by atoms with E-state index >= 15 is 0 Å². The second-order valence-electron chi connectivity index (χ2n) is 4.43. The third-order valence-corrected chi connectivity index (χ3v) is 4.05. The number of aryl methyl sites for hydroxylation is 1. The summed E-state index contributed by atoms with van der Waals surface area (Å²) in [6.07, 6.45) is 0. The van der Waals surface area contributed by atoms with Crippen molar-refractivity contribution in [2.75, 3.05) is 12.4 Å². The van der Waals surface area contributed by atoms with E-state index in [1.165, 1.54) is 6.07 Å². The van der Waals surface area contributed by atoms with Gasteiger partial charge in [-0.3, -0.25) is 0 Å². The second kappa shape index (κ2) is 6.59. The Labute approximate surface area is 134 Å². The van der Waals surface area contributed by atoms with Crippen LogP contribution < -0.4 is 10.1 Å². The Kier molecular flexibility index (Phi) is 5.05. The fourth-order valence-electron chi connectivity index (χ4n) is 1.87. The Morgan fingerprint density at radius 3 is 2.35 bits per heavy atom. The molecule has 2 rings (SSSR count). The molecular weight excluding hydrogens is 389 g/mol. The number of benzene rings is 2. The molecule has 5 heteroatoms. The lowest BCUT2D eigenvalue weighted by molar-refractivity contribution is 0.409. The molecule has 106 valence electrons. The van der Waals surface area contributed by atoms with Gasteiger partial charge in [-0.15, -0.1) is 0 Å². The van der Waals surface area contributed by atoms with Crippen LogP contribution in [0.3, 0.4) is 0 Å². The van der Waals surface area contributed by atoms with Crippen molar-refractivity contribution < 1.29 is 9.13 Å². The van der Waals surface area contributed by atoms with Crippen LogP contribution >= 0.6 is 31.9 Å². The summed E-state index contributed by atoms with van der Waals surface area (Å²) >= 11 is 6.90. The molecule has 0 spiro atoms. The molecule has 0 unspecified atom stereocenters. The second-order valence-corrected chi connectivity index (χ2v) is 6.14. The van der Waals surface area contributed by atoms with E-state index in [0.29, 0.717) is 12.2 Å². The summed E-state index contributed by atoms with van der Waals surface area (Å²) in [6, 6.07) is 9.04. The minimum atomic E-state index is -0.239. The van der Waals surface area contributed by atoms with E-state index in [1.807, 2.05) is 25.1 Å². The molecule has 0 aromatic heterocycles. The summed E-state index contributed by atoms with van der Waals surface area (Å²) in [6.45, 7) is 2.39. The minimum Gasteiger partial charge on any atom is -0.494 e. The summed E-state index contributed by atoms with van der Waals surface area (Å²) in [5.41, 5.74) is 2.42. The topological polar surface area (TPSA) is 21.3 Å². The van der Waals surface area contributed by atoms with Gasteiger partial charge in [-0.05, 0) is 74.2 Å². The van der Waals surface area contributed by atoms with Gasteiger partial charge in [0.15, 0.2) is 0 Å². The Bertz CT molecular complexity index is 608. The third kappa shape index (κ3) is 3.52. The molecule has 2 nitrogen and oxygen atoms in total. The standard InChI is InChI=1S/C15H14Br2FNO/c1-9-3-4-14(13(18)5-9)19-8-10-6-11(16)15(20-2)12(17)7-10/h3-7,19H,8H2,1-2H3. The molecule has 0 amide bonds. The van der Waals surface area contributed by atoms with E-state index in [2.05, 4.69) is 37.2 Å². The molecule has 0 heterocycles. The van der Waals surface area contributed by atoms with Gasteiger partial charge in [0, 0.05) is 6.54 Å². The Balaban J connectivity index is 2.15. The highest BCUT2D eigenvalue weighted by Gasteiger charge is 2.08. The van der Waals surface area contributed by atoms with Crippen molar-refractivity contribution in [2.45, 2.75) is 13.5 Å². The summed E-state index contributed by atoms with van der Waals surface area (Å²) in [4.78, 5) is 0. The maximum absolute atomic E-state index is 13.7. The molecule has 0 saturated carbocycles. The summed E-state index contributed by atoms with van der Waals surface area (Å²) in [5, 5.41) is 3.09. The number of halogens is 3. The van der Waals surface area contributed by atoms with Gasteiger partial charge in [0.25, 0.3) is 0 Å². The van der Waals surface area contributed by atoms with Crippen molar-refractivity contribution in [2.24, 2.45) is 0 Å². The number of anilines is 1. The monoisotopic (exact) mass is 401 g/mol. The van der Waals surface area contributed by atoms with Gasteiger partial charge in [-0.25, -0.2) is 4.39 Å². The van der Waals surface area contributed by atoms with Crippen LogP contribution in [0.5, 0.6) is 5.75 Å². The third-order valence-electron chi connectivity index (χ3n) is 2.87. The smallest absolute Gasteiger partial charge is 0.147 e. The van der Waals surface area contributed by atoms with Crippen molar-refractivity contribution in [1.29, 1.82) is 0 Å². The van der Waals surface area contributed by atoms with Crippen LogP contribution in [0.1, 0.15) is 11.1 Å². The fraction of sp³-hybridized carbons (Fsp3) is 0.200. The summed E-state index contributed by atoms with van der Waals surface area (Å²) in [7, 11) is 1.62. The predicted octanol–water partition coefficient (Wildman–Crippen LogP) is 5.28. The number of nitrogens with one attached hydrogen (secondary N) is 1. The molecule has 0 aliphatic heterocycles. The van der Waals surface area contributed by atoms with Gasteiger partial charge in [0.2, 0.25) is 0 Å². The highest BCUT2D eigenvalue weighted by Crippen LogP contribution is 2.34. The Morgan fingerprint density at radius 2 is 1.80 bits per heavy atom. The summed E-state index contributed by atoms with van der Waals surface area (Å²) < 4.78 is 20.7. The van der Waals surface area contributed by atoms with Crippen LogP contribution in [0.2, 0.25) is 0 Å². The van der Waals surface area contributed by atoms with Crippen LogP contribution in [-0.4, -0.2) is 7.11 Å². The molecule has 0 fully saturated rings. The predicted molar refractivity (Wildman–Crippen MR) is 86.9 cm³/mol. The lowest BCUT2D eigenvalue weighted by Crippen LogP contribution is -2.02. The average molecular weight is 403 g/mol. The SMILES string of the molecule is COc1c(Br)cc(CNc2ccc(C)cc2F)cc1Br. The largest absolute Gasteiger partial charge is 0.494 e. The fourth-order valence-corrected chi connectivity index (χ4v) is 3.48. The maximum atomic E-state index is 13.7. The molecule has 2 aromatic rings. The number of rotatable bonds is 4. The number of methoxy groups -OCH3 is 1. The Hall–Kier alpha value is -1.07. The van der Waals surface area contributed by atoms with Gasteiger partial charge in [-0.1, -0.05) is 6.07 Å². The quantitative estimate of drug-likeness (QED) is 0.751. The Morgan fingerprint density at radius 1 is 1.15 bits per heavy atom. The minimum absolute atomic E-state index is 0.239. The van der Waals surface area contributed by atoms with Crippen LogP contribution in [0, 0.1) is 12.7 Å². The molecule has 0 saturated heterocycles. The first-order chi connectivity index (χ1) is 9.51. The number of hydrogen-bond acceptors (Lipinski definition) is 2. The number of ether oxygens (including phenoxy) is 1. The molecule has 1 N–H and O–H groups in total. The van der Waals surface area contributed by atoms with E-state index in [0.717, 1.165) is 25.8 Å². The first-order valence-electron chi connectivity index (χ1n) is 6.03. The van der Waals surface area contributed by atoms with Crippen molar-refractivity contribution >= 4 is 37.5 Å². The van der Waals surface area contributed by atoms with Crippen LogP contribution in [0.25, 0.3) is 0 Å². The molecule has 0 atom stereocenters. The zero-order valence-electron chi connectivity index (χ0n) is 11.1. The van der Waals surface area contributed by atoms with E-state index in [4.69, 9.17) is 4.74 Å². The normalized spacial score (nSPS) is 10.4. The van der Waals surface area contributed by atoms with Crippen LogP contribution in [0.15, 0.2) is 39.3 Å². The maximum Gasteiger partial charge on any atom is 0.147 e. The van der Waals surface area contributed by atoms with E-state index < -0.39 is 0 Å². The van der Waals surface area contributed by atoms with Crippen LogP contribution in [-0.2, 0) is 6.54 Å². The molecule has 0 bridgehead atoms. The van der Waals surface area contributed by atoms with Gasteiger partial charge in [0.1, 0.15) is 11.6 Å². The molecule has 0 radical (unpaired) electrons. The highest BCUT2D eigenvalue weighted by molar-refractivity contribution is 9.11. The molecule has 2 aromatic carbocycles. The van der Waals surface area contributed by atoms with Crippen molar-refractivity contribution in [3.8, 4) is 5.75 Å². The van der Waals surface area contributed by atoms with Gasteiger partial charge in [0.05, 0.1) is 21.7 Å². The number of hydrogen-bond donors (Lipinski definition) is 1. The highest BCUT2D eigenvalue weighted by atomic mass is 79.9. The molecule has 20 heavy (non-hydrogen) atoms. The van der Waals surface area contributed by atoms with E-state index in [1.54, 1.807) is 13.2 Å². The van der Waals surface area contributed by atoms with Crippen LogP contribution in [0.4, 0.5) is 10.1 Å². The zero-order valence-corrected chi connectivity index (χ0v) is 14.3. The molecule has 0 aliphatic rings. The van der Waals surface area contributed by atoms with Crippen molar-refractivity contribution in [3.05, 3.63) is 56.2 Å². The average Bonchev–Trinajstić information content (AvgIpc) is 2.37. The van der Waals surface area contributed by atoms with E-state index in [9.17, 15) is 4.39 Å². The van der Waals surface area contributed by atoms with Crippen molar-refractivity contribution in [1.82, 2.24) is 0 Å². The summed E-state index contributed by atoms with van der Waals surface area (Å²) in [5.74, 6) is 0.506. The van der Waals surface area contributed by atoms with Gasteiger partial charge >= 0.3 is 0 Å². The first kappa shape index (κ1) is 15.3. The zero-order chi connectivity index (χ0) is 14.7. The molecular formula is C15H14Br2FNO.